The number of benzene rings is 1. The van der Waals surface area contributed by atoms with E-state index in [0.29, 0.717) is 6.42 Å². The highest BCUT2D eigenvalue weighted by atomic mass is 127. The predicted octanol–water partition coefficient (Wildman–Crippen LogP) is 5.53. The zero-order chi connectivity index (χ0) is 14.3. The molecule has 0 aliphatic carbocycles. The van der Waals surface area contributed by atoms with Crippen LogP contribution in [0.5, 0.6) is 5.75 Å². The Labute approximate surface area is 142 Å². The molecule has 0 amide bonds. The van der Waals surface area contributed by atoms with Gasteiger partial charge in [0.15, 0.2) is 5.78 Å². The largest absolute Gasteiger partial charge is 0.507 e. The number of phenols is 1. The predicted molar refractivity (Wildman–Crippen MR) is 95.9 cm³/mol. The lowest BCUT2D eigenvalue weighted by Crippen LogP contribution is -2.02. The minimum Gasteiger partial charge on any atom is -0.507 e. The van der Waals surface area contributed by atoms with Gasteiger partial charge >= 0.3 is 0 Å². The molecule has 1 N–H and O–H groups in total. The van der Waals surface area contributed by atoms with E-state index in [1.54, 1.807) is 12.1 Å². The zero-order valence-electron chi connectivity index (χ0n) is 11.2. The molecule has 0 aliphatic heterocycles. The maximum absolute atomic E-state index is 12.1. The topological polar surface area (TPSA) is 37.3 Å². The van der Waals surface area contributed by atoms with Gasteiger partial charge in [-0.05, 0) is 63.7 Å². The van der Waals surface area contributed by atoms with Crippen LogP contribution in [0.3, 0.4) is 0 Å². The van der Waals surface area contributed by atoms with Crippen LogP contribution in [0.1, 0.15) is 62.2 Å². The number of aromatic hydroxyl groups is 1. The number of Topliss-reactive ketones (excluding diaryl/α,β-unsaturated/α-hetero) is 1. The van der Waals surface area contributed by atoms with Gasteiger partial charge in [-0.25, -0.2) is 0 Å². The minimum atomic E-state index is 0.192. The third-order valence-corrected chi connectivity index (χ3v) is 4.85. The van der Waals surface area contributed by atoms with Crippen molar-refractivity contribution in [1.29, 1.82) is 0 Å². The Balaban J connectivity index is 2.43. The Morgan fingerprint density at radius 3 is 2.37 bits per heavy atom. The Morgan fingerprint density at radius 1 is 1.05 bits per heavy atom. The van der Waals surface area contributed by atoms with E-state index in [9.17, 15) is 9.90 Å². The second-order valence-corrected chi connectivity index (χ2v) is 7.05. The summed E-state index contributed by atoms with van der Waals surface area (Å²) in [4.78, 5) is 12.1. The summed E-state index contributed by atoms with van der Waals surface area (Å²) in [6.07, 6.45) is 7.77. The second-order valence-electron chi connectivity index (χ2n) is 4.72. The van der Waals surface area contributed by atoms with E-state index in [1.165, 1.54) is 25.7 Å². The smallest absolute Gasteiger partial charge is 0.163 e. The average molecular weight is 486 g/mol. The van der Waals surface area contributed by atoms with Crippen LogP contribution in [-0.4, -0.2) is 10.9 Å². The van der Waals surface area contributed by atoms with Crippen molar-refractivity contribution in [3.63, 3.8) is 0 Å². The van der Waals surface area contributed by atoms with Gasteiger partial charge in [0.05, 0.1) is 3.57 Å². The van der Waals surface area contributed by atoms with Crippen LogP contribution in [0.4, 0.5) is 0 Å². The number of ketones is 1. The molecule has 1 rings (SSSR count). The molecular weight excluding hydrogens is 466 g/mol. The number of phenolic OH excluding ortho intramolecular Hbond substituents is 1. The van der Waals surface area contributed by atoms with Gasteiger partial charge in [-0.3, -0.25) is 4.79 Å². The molecule has 0 fully saturated rings. The highest BCUT2D eigenvalue weighted by Gasteiger charge is 2.12. The molecule has 106 valence electrons. The third-order valence-electron chi connectivity index (χ3n) is 3.09. The van der Waals surface area contributed by atoms with Gasteiger partial charge in [0.25, 0.3) is 0 Å². The maximum Gasteiger partial charge on any atom is 0.163 e. The number of hydrogen-bond donors (Lipinski definition) is 1. The van der Waals surface area contributed by atoms with Crippen LogP contribution >= 0.6 is 45.2 Å². The SMILES string of the molecule is CCCCCCCCC(=O)c1cc(I)c(O)cc1I. The fourth-order valence-electron chi connectivity index (χ4n) is 1.95. The van der Waals surface area contributed by atoms with Gasteiger partial charge in [-0.15, -0.1) is 0 Å². The fraction of sp³-hybridized carbons (Fsp3) is 0.533. The summed E-state index contributed by atoms with van der Waals surface area (Å²) in [6, 6.07) is 3.45. The van der Waals surface area contributed by atoms with Crippen LogP contribution in [0, 0.1) is 7.14 Å². The molecule has 19 heavy (non-hydrogen) atoms. The molecule has 0 unspecified atom stereocenters. The summed E-state index contributed by atoms with van der Waals surface area (Å²) in [7, 11) is 0. The molecule has 0 heterocycles. The quantitative estimate of drug-likeness (QED) is 0.298. The van der Waals surface area contributed by atoms with Crippen LogP contribution in [-0.2, 0) is 0 Å². The summed E-state index contributed by atoms with van der Waals surface area (Å²) in [5.74, 6) is 0.443. The van der Waals surface area contributed by atoms with Crippen LogP contribution in [0.2, 0.25) is 0 Å². The molecule has 0 saturated heterocycles. The van der Waals surface area contributed by atoms with E-state index < -0.39 is 0 Å². The first-order valence-corrected chi connectivity index (χ1v) is 8.93. The van der Waals surface area contributed by atoms with Gasteiger partial charge < -0.3 is 5.11 Å². The summed E-state index contributed by atoms with van der Waals surface area (Å²) in [5.41, 5.74) is 0.747. The molecule has 0 saturated carbocycles. The normalized spacial score (nSPS) is 10.7. The number of halogens is 2. The van der Waals surface area contributed by atoms with E-state index in [-0.39, 0.29) is 11.5 Å². The Morgan fingerprint density at radius 2 is 1.68 bits per heavy atom. The number of carbonyl (C=O) groups excluding carboxylic acids is 1. The van der Waals surface area contributed by atoms with Gasteiger partial charge in [0, 0.05) is 15.6 Å². The van der Waals surface area contributed by atoms with Crippen LogP contribution in [0.15, 0.2) is 12.1 Å². The highest BCUT2D eigenvalue weighted by Crippen LogP contribution is 2.26. The van der Waals surface area contributed by atoms with Crippen molar-refractivity contribution in [2.75, 3.05) is 0 Å². The number of hydrogen-bond acceptors (Lipinski definition) is 2. The molecule has 1 aromatic carbocycles. The van der Waals surface area contributed by atoms with Crippen molar-refractivity contribution in [3.8, 4) is 5.75 Å². The van der Waals surface area contributed by atoms with E-state index in [4.69, 9.17) is 0 Å². The lowest BCUT2D eigenvalue weighted by Gasteiger charge is -2.06. The first-order valence-electron chi connectivity index (χ1n) is 6.77. The minimum absolute atomic E-state index is 0.192. The Hall–Kier alpha value is 0.150. The molecule has 0 aromatic heterocycles. The van der Waals surface area contributed by atoms with Gasteiger partial charge in [0.1, 0.15) is 5.75 Å². The van der Waals surface area contributed by atoms with E-state index in [1.807, 2.05) is 0 Å². The van der Waals surface area contributed by atoms with Crippen LogP contribution < -0.4 is 0 Å². The number of rotatable bonds is 8. The first-order chi connectivity index (χ1) is 9.06. The Bertz CT molecular complexity index is 430. The summed E-state index contributed by atoms with van der Waals surface area (Å²) < 4.78 is 1.58. The van der Waals surface area contributed by atoms with Gasteiger partial charge in [0.2, 0.25) is 0 Å². The van der Waals surface area contributed by atoms with E-state index in [2.05, 4.69) is 52.1 Å². The van der Waals surface area contributed by atoms with Gasteiger partial charge in [-0.2, -0.15) is 0 Å². The van der Waals surface area contributed by atoms with Crippen molar-refractivity contribution in [3.05, 3.63) is 24.8 Å². The molecule has 0 aliphatic rings. The third kappa shape index (κ3) is 5.97. The van der Waals surface area contributed by atoms with Crippen molar-refractivity contribution >= 4 is 51.0 Å². The standard InChI is InChI=1S/C15H20I2O2/c1-2-3-4-5-6-7-8-14(18)11-9-13(17)15(19)10-12(11)16/h9-10,19H,2-8H2,1H3. The number of unbranched alkanes of at least 4 members (excludes halogenated alkanes) is 5. The molecule has 0 spiro atoms. The first kappa shape index (κ1) is 17.2. The average Bonchev–Trinajstić information content (AvgIpc) is 2.37. The fourth-order valence-corrected chi connectivity index (χ4v) is 3.17. The highest BCUT2D eigenvalue weighted by molar-refractivity contribution is 14.1. The Kier molecular flexibility index (Phi) is 8.29. The molecule has 0 atom stereocenters. The maximum atomic E-state index is 12.1. The lowest BCUT2D eigenvalue weighted by atomic mass is 10.0. The lowest BCUT2D eigenvalue weighted by molar-refractivity contribution is 0.0978. The van der Waals surface area contributed by atoms with Crippen molar-refractivity contribution in [2.45, 2.75) is 51.9 Å². The summed E-state index contributed by atoms with van der Waals surface area (Å²) >= 11 is 4.17. The summed E-state index contributed by atoms with van der Waals surface area (Å²) in [5, 5.41) is 9.58. The molecular formula is C15H20I2O2. The second kappa shape index (κ2) is 9.15. The van der Waals surface area contributed by atoms with Gasteiger partial charge in [-0.1, -0.05) is 39.0 Å². The van der Waals surface area contributed by atoms with Crippen LogP contribution in [0.25, 0.3) is 0 Å². The molecule has 4 heteroatoms. The zero-order valence-corrected chi connectivity index (χ0v) is 15.5. The van der Waals surface area contributed by atoms with E-state index >= 15 is 0 Å². The van der Waals surface area contributed by atoms with Crippen molar-refractivity contribution in [1.82, 2.24) is 0 Å². The summed E-state index contributed by atoms with van der Waals surface area (Å²) in [6.45, 7) is 2.21. The molecule has 0 bridgehead atoms. The number of carbonyl (C=O) groups is 1. The van der Waals surface area contributed by atoms with Crippen molar-refractivity contribution in [2.24, 2.45) is 0 Å². The molecule has 2 nitrogen and oxygen atoms in total. The van der Waals surface area contributed by atoms with Crippen molar-refractivity contribution < 1.29 is 9.90 Å². The molecule has 1 aromatic rings. The molecule has 0 radical (unpaired) electrons. The van der Waals surface area contributed by atoms with E-state index in [0.717, 1.165) is 25.5 Å². The monoisotopic (exact) mass is 486 g/mol.